The van der Waals surface area contributed by atoms with E-state index in [4.69, 9.17) is 11.6 Å². The summed E-state index contributed by atoms with van der Waals surface area (Å²) < 4.78 is 3.39. The molecule has 0 radical (unpaired) electrons. The van der Waals surface area contributed by atoms with Crippen LogP contribution in [0.2, 0.25) is 5.15 Å². The molecule has 1 amide bonds. The number of carbonyl (C=O) groups is 1. The Morgan fingerprint density at radius 1 is 1.31 bits per heavy atom. The molecule has 0 atom stereocenters. The van der Waals surface area contributed by atoms with E-state index in [9.17, 15) is 4.79 Å². The fourth-order valence-corrected chi connectivity index (χ4v) is 2.86. The number of hydrogen-bond donors (Lipinski definition) is 1. The van der Waals surface area contributed by atoms with Crippen LogP contribution >= 0.6 is 11.6 Å². The number of benzene rings is 1. The lowest BCUT2D eigenvalue weighted by molar-refractivity contribution is -0.116. The van der Waals surface area contributed by atoms with Crippen molar-refractivity contribution in [3.05, 3.63) is 70.8 Å². The fourth-order valence-electron chi connectivity index (χ4n) is 2.62. The topological polar surface area (TPSA) is 64.7 Å². The molecule has 26 heavy (non-hydrogen) atoms. The maximum absolute atomic E-state index is 12.0. The Bertz CT molecular complexity index is 910. The van der Waals surface area contributed by atoms with Crippen molar-refractivity contribution < 1.29 is 4.79 Å². The van der Waals surface area contributed by atoms with Crippen molar-refractivity contribution in [2.75, 3.05) is 6.54 Å². The number of nitrogens with zero attached hydrogens (tertiary/aromatic N) is 4. The third-order valence-electron chi connectivity index (χ3n) is 4.02. The largest absolute Gasteiger partial charge is 0.352 e. The highest BCUT2D eigenvalue weighted by Gasteiger charge is 2.08. The molecule has 6 nitrogen and oxygen atoms in total. The van der Waals surface area contributed by atoms with Gasteiger partial charge in [0.2, 0.25) is 5.91 Å². The Hall–Kier alpha value is -2.86. The van der Waals surface area contributed by atoms with Gasteiger partial charge in [-0.1, -0.05) is 23.7 Å². The summed E-state index contributed by atoms with van der Waals surface area (Å²) in [6, 6.07) is 9.99. The van der Waals surface area contributed by atoms with Gasteiger partial charge in [0.05, 0.1) is 11.4 Å². The van der Waals surface area contributed by atoms with Crippen molar-refractivity contribution in [1.82, 2.24) is 24.9 Å². The number of nitrogens with one attached hydrogen (secondary N) is 1. The Labute approximate surface area is 157 Å². The Morgan fingerprint density at radius 3 is 2.69 bits per heavy atom. The van der Waals surface area contributed by atoms with Gasteiger partial charge in [0.15, 0.2) is 0 Å². The first-order valence-corrected chi connectivity index (χ1v) is 8.66. The van der Waals surface area contributed by atoms with Gasteiger partial charge >= 0.3 is 0 Å². The highest BCUT2D eigenvalue weighted by Crippen LogP contribution is 2.19. The molecule has 2 heterocycles. The van der Waals surface area contributed by atoms with Gasteiger partial charge in [-0.15, -0.1) is 0 Å². The SMILES string of the molecule is Cc1nn(C)c(Cl)c1/C=C/C(=O)NCCc1ccc(-n2cccn2)cc1. The standard InChI is InChI=1S/C19H20ClN5O/c1-14-17(19(20)24(2)23-14)8-9-18(26)21-12-10-15-4-6-16(7-5-15)25-13-3-11-22-25/h3-9,11,13H,10,12H2,1-2H3,(H,21,26)/b9-8+. The minimum absolute atomic E-state index is 0.155. The van der Waals surface area contributed by atoms with Gasteiger partial charge in [-0.25, -0.2) is 4.68 Å². The summed E-state index contributed by atoms with van der Waals surface area (Å²) in [4.78, 5) is 12.0. The average molecular weight is 370 g/mol. The predicted octanol–water partition coefficient (Wildman–Crippen LogP) is 2.94. The van der Waals surface area contributed by atoms with E-state index >= 15 is 0 Å². The average Bonchev–Trinajstić information content (AvgIpc) is 3.24. The molecule has 0 saturated carbocycles. The number of aromatic nitrogens is 4. The quantitative estimate of drug-likeness (QED) is 0.679. The molecular formula is C19H20ClN5O. The van der Waals surface area contributed by atoms with Crippen LogP contribution in [-0.2, 0) is 18.3 Å². The maximum Gasteiger partial charge on any atom is 0.244 e. The van der Waals surface area contributed by atoms with E-state index in [1.807, 2.05) is 48.1 Å². The lowest BCUT2D eigenvalue weighted by Gasteiger charge is -2.05. The van der Waals surface area contributed by atoms with E-state index in [1.165, 1.54) is 6.08 Å². The number of rotatable bonds is 6. The van der Waals surface area contributed by atoms with Crippen LogP contribution in [0.15, 0.2) is 48.8 Å². The van der Waals surface area contributed by atoms with E-state index in [0.717, 1.165) is 28.9 Å². The summed E-state index contributed by atoms with van der Waals surface area (Å²) in [5.74, 6) is -0.155. The number of hydrogen-bond acceptors (Lipinski definition) is 3. The molecule has 3 rings (SSSR count). The highest BCUT2D eigenvalue weighted by atomic mass is 35.5. The summed E-state index contributed by atoms with van der Waals surface area (Å²) in [5.41, 5.74) is 3.71. The Morgan fingerprint density at radius 2 is 2.08 bits per heavy atom. The van der Waals surface area contributed by atoms with Crippen LogP contribution in [0.3, 0.4) is 0 Å². The number of aryl methyl sites for hydroxylation is 2. The van der Waals surface area contributed by atoms with Crippen molar-refractivity contribution in [2.24, 2.45) is 7.05 Å². The van der Waals surface area contributed by atoms with Gasteiger partial charge in [0.25, 0.3) is 0 Å². The number of halogens is 1. The third kappa shape index (κ3) is 4.21. The van der Waals surface area contributed by atoms with Crippen molar-refractivity contribution in [1.29, 1.82) is 0 Å². The van der Waals surface area contributed by atoms with Gasteiger partial charge in [-0.05, 0) is 43.2 Å². The van der Waals surface area contributed by atoms with E-state index in [-0.39, 0.29) is 5.91 Å². The summed E-state index contributed by atoms with van der Waals surface area (Å²) in [6.07, 6.45) is 7.58. The van der Waals surface area contributed by atoms with E-state index in [2.05, 4.69) is 15.5 Å². The Kier molecular flexibility index (Phi) is 5.53. The molecule has 2 aromatic heterocycles. The second-order valence-corrected chi connectivity index (χ2v) is 6.26. The van der Waals surface area contributed by atoms with Crippen molar-refractivity contribution in [3.63, 3.8) is 0 Å². The van der Waals surface area contributed by atoms with Gasteiger partial charge in [0, 0.05) is 37.6 Å². The molecule has 0 bridgehead atoms. The molecule has 7 heteroatoms. The summed E-state index contributed by atoms with van der Waals surface area (Å²) >= 11 is 6.14. The van der Waals surface area contributed by atoms with Gasteiger partial charge in [-0.3, -0.25) is 9.48 Å². The molecule has 0 fully saturated rings. The van der Waals surface area contributed by atoms with Gasteiger partial charge in [-0.2, -0.15) is 10.2 Å². The molecule has 0 aliphatic carbocycles. The number of carbonyl (C=O) groups excluding carboxylic acids is 1. The molecule has 1 aromatic carbocycles. The molecule has 3 aromatic rings. The zero-order chi connectivity index (χ0) is 18.5. The van der Waals surface area contributed by atoms with Crippen LogP contribution in [0.25, 0.3) is 11.8 Å². The maximum atomic E-state index is 12.0. The lowest BCUT2D eigenvalue weighted by Crippen LogP contribution is -2.23. The van der Waals surface area contributed by atoms with E-state index < -0.39 is 0 Å². The second kappa shape index (κ2) is 8.01. The molecule has 0 saturated heterocycles. The van der Waals surface area contributed by atoms with E-state index in [1.54, 1.807) is 24.0 Å². The van der Waals surface area contributed by atoms with Crippen LogP contribution < -0.4 is 5.32 Å². The van der Waals surface area contributed by atoms with Gasteiger partial charge in [0.1, 0.15) is 5.15 Å². The molecule has 1 N–H and O–H groups in total. The lowest BCUT2D eigenvalue weighted by atomic mass is 10.1. The van der Waals surface area contributed by atoms with Crippen molar-refractivity contribution in [3.8, 4) is 5.69 Å². The normalized spacial score (nSPS) is 11.2. The summed E-state index contributed by atoms with van der Waals surface area (Å²) in [6.45, 7) is 2.42. The monoisotopic (exact) mass is 369 g/mol. The minimum Gasteiger partial charge on any atom is -0.352 e. The van der Waals surface area contributed by atoms with Crippen LogP contribution in [0.1, 0.15) is 16.8 Å². The highest BCUT2D eigenvalue weighted by molar-refractivity contribution is 6.31. The van der Waals surface area contributed by atoms with Crippen molar-refractivity contribution >= 4 is 23.6 Å². The first-order chi connectivity index (χ1) is 12.5. The van der Waals surface area contributed by atoms with Crippen molar-refractivity contribution in [2.45, 2.75) is 13.3 Å². The molecule has 134 valence electrons. The second-order valence-electron chi connectivity index (χ2n) is 5.90. The smallest absolute Gasteiger partial charge is 0.244 e. The van der Waals surface area contributed by atoms with Crippen LogP contribution in [0.4, 0.5) is 0 Å². The first kappa shape index (κ1) is 17.9. The summed E-state index contributed by atoms with van der Waals surface area (Å²) in [7, 11) is 1.77. The van der Waals surface area contributed by atoms with Gasteiger partial charge < -0.3 is 5.32 Å². The van der Waals surface area contributed by atoms with E-state index in [0.29, 0.717) is 11.7 Å². The minimum atomic E-state index is -0.155. The number of amides is 1. The fraction of sp³-hybridized carbons (Fsp3) is 0.211. The molecule has 0 aliphatic rings. The Balaban J connectivity index is 1.50. The zero-order valence-electron chi connectivity index (χ0n) is 14.7. The third-order valence-corrected chi connectivity index (χ3v) is 4.46. The molecule has 0 spiro atoms. The zero-order valence-corrected chi connectivity index (χ0v) is 15.4. The van der Waals surface area contributed by atoms with Crippen LogP contribution in [-0.4, -0.2) is 32.0 Å². The molecular weight excluding hydrogens is 350 g/mol. The van der Waals surface area contributed by atoms with Crippen LogP contribution in [0.5, 0.6) is 0 Å². The van der Waals surface area contributed by atoms with Crippen LogP contribution in [0, 0.1) is 6.92 Å². The summed E-state index contributed by atoms with van der Waals surface area (Å²) in [5, 5.41) is 11.8. The molecule has 0 aliphatic heterocycles. The first-order valence-electron chi connectivity index (χ1n) is 8.28. The predicted molar refractivity (Wildman–Crippen MR) is 102 cm³/mol. The molecule has 0 unspecified atom stereocenters.